The monoisotopic (exact) mass is 230 g/mol. The van der Waals surface area contributed by atoms with E-state index in [0.29, 0.717) is 12.0 Å². The average Bonchev–Trinajstić information content (AvgIpc) is 2.80. The maximum absolute atomic E-state index is 12.1. The van der Waals surface area contributed by atoms with Gasteiger partial charge in [0.2, 0.25) is 5.91 Å². The van der Waals surface area contributed by atoms with Crippen molar-refractivity contribution < 1.29 is 14.4 Å². The van der Waals surface area contributed by atoms with Gasteiger partial charge < -0.3 is 4.90 Å². The van der Waals surface area contributed by atoms with Gasteiger partial charge in [0.05, 0.1) is 0 Å². The molecule has 2 aliphatic rings. The molecule has 1 fully saturated rings. The molecular formula is C12H10N2O3. The fourth-order valence-electron chi connectivity index (χ4n) is 2.38. The smallest absolute Gasteiger partial charge is 0.304 e. The molecule has 3 rings (SSSR count). The third-order valence-corrected chi connectivity index (χ3v) is 3.20. The van der Waals surface area contributed by atoms with Crippen LogP contribution in [-0.4, -0.2) is 35.2 Å². The van der Waals surface area contributed by atoms with Crippen LogP contribution in [0.25, 0.3) is 0 Å². The first kappa shape index (κ1) is 10.0. The van der Waals surface area contributed by atoms with Crippen LogP contribution < -0.4 is 5.32 Å². The lowest BCUT2D eigenvalue weighted by Crippen LogP contribution is -2.41. The molecule has 1 atom stereocenters. The van der Waals surface area contributed by atoms with Crippen LogP contribution in [0.1, 0.15) is 15.9 Å². The third-order valence-electron chi connectivity index (χ3n) is 3.20. The molecule has 1 unspecified atom stereocenters. The molecule has 1 aliphatic carbocycles. The molecule has 1 aliphatic heterocycles. The summed E-state index contributed by atoms with van der Waals surface area (Å²) in [5.74, 6) is -0.427. The Bertz CT molecular complexity index is 538. The largest absolute Gasteiger partial charge is 0.325 e. The molecule has 1 saturated heterocycles. The van der Waals surface area contributed by atoms with Gasteiger partial charge in [0.25, 0.3) is 0 Å². The topological polar surface area (TPSA) is 66.5 Å². The van der Waals surface area contributed by atoms with Gasteiger partial charge in [0, 0.05) is 12.0 Å². The lowest BCUT2D eigenvalue weighted by Gasteiger charge is -2.19. The van der Waals surface area contributed by atoms with Gasteiger partial charge in [-0.3, -0.25) is 14.9 Å². The van der Waals surface area contributed by atoms with E-state index in [0.717, 1.165) is 5.56 Å². The Morgan fingerprint density at radius 1 is 1.18 bits per heavy atom. The van der Waals surface area contributed by atoms with Crippen molar-refractivity contribution in [2.24, 2.45) is 0 Å². The maximum Gasteiger partial charge on any atom is 0.325 e. The van der Waals surface area contributed by atoms with E-state index < -0.39 is 12.1 Å². The fraction of sp³-hybridized carbons (Fsp3) is 0.250. The van der Waals surface area contributed by atoms with Crippen molar-refractivity contribution in [3.8, 4) is 0 Å². The Balaban J connectivity index is 1.92. The number of rotatable bonds is 1. The molecule has 1 heterocycles. The molecule has 0 aromatic heterocycles. The van der Waals surface area contributed by atoms with Crippen molar-refractivity contribution >= 4 is 17.7 Å². The number of nitrogens with zero attached hydrogens (tertiary/aromatic N) is 1. The van der Waals surface area contributed by atoms with Crippen LogP contribution in [-0.2, 0) is 11.2 Å². The number of hydrogen-bond donors (Lipinski definition) is 1. The van der Waals surface area contributed by atoms with Gasteiger partial charge in [-0.25, -0.2) is 4.79 Å². The van der Waals surface area contributed by atoms with Gasteiger partial charge >= 0.3 is 6.03 Å². The predicted molar refractivity (Wildman–Crippen MR) is 58.5 cm³/mol. The number of nitrogens with one attached hydrogen (secondary N) is 1. The Kier molecular flexibility index (Phi) is 2.01. The summed E-state index contributed by atoms with van der Waals surface area (Å²) in [4.78, 5) is 36.0. The zero-order valence-corrected chi connectivity index (χ0v) is 8.97. The quantitative estimate of drug-likeness (QED) is 0.708. The van der Waals surface area contributed by atoms with E-state index in [1.54, 1.807) is 12.1 Å². The molecule has 17 heavy (non-hydrogen) atoms. The maximum atomic E-state index is 12.1. The predicted octanol–water partition coefficient (Wildman–Crippen LogP) is 0.346. The summed E-state index contributed by atoms with van der Waals surface area (Å²) in [6, 6.07) is 6.30. The van der Waals surface area contributed by atoms with Crippen LogP contribution in [0.2, 0.25) is 0 Å². The van der Waals surface area contributed by atoms with Gasteiger partial charge in [-0.1, -0.05) is 24.3 Å². The number of hydrogen-bond acceptors (Lipinski definition) is 3. The molecule has 3 amide bonds. The number of imide groups is 1. The Morgan fingerprint density at radius 3 is 2.59 bits per heavy atom. The summed E-state index contributed by atoms with van der Waals surface area (Å²) < 4.78 is 0. The van der Waals surface area contributed by atoms with Crippen molar-refractivity contribution in [1.82, 2.24) is 10.2 Å². The van der Waals surface area contributed by atoms with Gasteiger partial charge in [-0.15, -0.1) is 0 Å². The summed E-state index contributed by atoms with van der Waals surface area (Å²) in [6.45, 7) is -0.0246. The molecule has 5 nitrogen and oxygen atoms in total. The van der Waals surface area contributed by atoms with Crippen molar-refractivity contribution in [2.75, 3.05) is 6.54 Å². The van der Waals surface area contributed by atoms with Crippen LogP contribution >= 0.6 is 0 Å². The first-order chi connectivity index (χ1) is 8.16. The van der Waals surface area contributed by atoms with Gasteiger partial charge in [-0.05, 0) is 5.56 Å². The van der Waals surface area contributed by atoms with Crippen LogP contribution in [0.3, 0.4) is 0 Å². The number of ketones is 1. The van der Waals surface area contributed by atoms with Crippen LogP contribution in [0.5, 0.6) is 0 Å². The number of urea groups is 1. The number of Topliss-reactive ketones (excluding diaryl/α,β-unsaturated/α-hetero) is 1. The SMILES string of the molecule is O=C1CN(C2Cc3ccccc3C2=O)C(=O)N1. The minimum absolute atomic E-state index is 0.0246. The molecule has 0 saturated carbocycles. The highest BCUT2D eigenvalue weighted by Gasteiger charge is 2.41. The van der Waals surface area contributed by atoms with E-state index in [-0.39, 0.29) is 18.2 Å². The summed E-state index contributed by atoms with van der Waals surface area (Å²) in [5.41, 5.74) is 1.60. The highest BCUT2D eigenvalue weighted by atomic mass is 16.2. The molecule has 86 valence electrons. The van der Waals surface area contributed by atoms with E-state index >= 15 is 0 Å². The van der Waals surface area contributed by atoms with Crippen molar-refractivity contribution in [2.45, 2.75) is 12.5 Å². The minimum atomic E-state index is -0.529. The van der Waals surface area contributed by atoms with Crippen molar-refractivity contribution in [1.29, 1.82) is 0 Å². The first-order valence-corrected chi connectivity index (χ1v) is 5.39. The van der Waals surface area contributed by atoms with E-state index in [9.17, 15) is 14.4 Å². The normalized spacial score (nSPS) is 22.9. The molecule has 5 heteroatoms. The fourth-order valence-corrected chi connectivity index (χ4v) is 2.38. The molecule has 1 aromatic carbocycles. The molecule has 0 spiro atoms. The van der Waals surface area contributed by atoms with Crippen LogP contribution in [0.4, 0.5) is 4.79 Å². The minimum Gasteiger partial charge on any atom is -0.304 e. The van der Waals surface area contributed by atoms with Crippen LogP contribution in [0, 0.1) is 0 Å². The third kappa shape index (κ3) is 1.43. The molecule has 0 radical (unpaired) electrons. The van der Waals surface area contributed by atoms with Gasteiger partial charge in [0.1, 0.15) is 12.6 Å². The Morgan fingerprint density at radius 2 is 1.94 bits per heavy atom. The standard InChI is InChI=1S/C12H10N2O3/c15-10-6-14(12(17)13-10)9-5-7-3-1-2-4-8(7)11(9)16/h1-4,9H,5-6H2,(H,13,15,17). The van der Waals surface area contributed by atoms with E-state index in [1.807, 2.05) is 12.1 Å². The average molecular weight is 230 g/mol. The lowest BCUT2D eigenvalue weighted by atomic mass is 10.1. The number of amides is 3. The lowest BCUT2D eigenvalue weighted by molar-refractivity contribution is -0.118. The van der Waals surface area contributed by atoms with Crippen LogP contribution in [0.15, 0.2) is 24.3 Å². The summed E-state index contributed by atoms with van der Waals surface area (Å²) >= 11 is 0. The number of carbonyl (C=O) groups is 3. The van der Waals surface area contributed by atoms with E-state index in [1.165, 1.54) is 4.90 Å². The molecule has 1 N–H and O–H groups in total. The van der Waals surface area contributed by atoms with E-state index in [2.05, 4.69) is 5.32 Å². The Hall–Kier alpha value is -2.17. The second-order valence-corrected chi connectivity index (χ2v) is 4.22. The Labute approximate surface area is 97.4 Å². The summed E-state index contributed by atoms with van der Waals surface area (Å²) in [5, 5.41) is 2.19. The molecule has 0 bridgehead atoms. The first-order valence-electron chi connectivity index (χ1n) is 5.39. The number of benzene rings is 1. The van der Waals surface area contributed by atoms with Crippen molar-refractivity contribution in [3.63, 3.8) is 0 Å². The zero-order chi connectivity index (χ0) is 12.0. The van der Waals surface area contributed by atoms with Gasteiger partial charge in [-0.2, -0.15) is 0 Å². The molecule has 1 aromatic rings. The highest BCUT2D eigenvalue weighted by molar-refractivity contribution is 6.09. The van der Waals surface area contributed by atoms with Gasteiger partial charge in [0.15, 0.2) is 5.78 Å². The summed E-state index contributed by atoms with van der Waals surface area (Å²) in [7, 11) is 0. The number of carbonyl (C=O) groups excluding carboxylic acids is 3. The highest BCUT2D eigenvalue weighted by Crippen LogP contribution is 2.26. The second-order valence-electron chi connectivity index (χ2n) is 4.22. The van der Waals surface area contributed by atoms with E-state index in [4.69, 9.17) is 0 Å². The molecular weight excluding hydrogens is 220 g/mol. The zero-order valence-electron chi connectivity index (χ0n) is 8.97. The second kappa shape index (κ2) is 3.41. The summed E-state index contributed by atoms with van der Waals surface area (Å²) in [6.07, 6.45) is 0.496. The van der Waals surface area contributed by atoms with Crippen molar-refractivity contribution in [3.05, 3.63) is 35.4 Å². The number of fused-ring (bicyclic) bond motifs is 1.